The summed E-state index contributed by atoms with van der Waals surface area (Å²) in [7, 11) is -1.72. The summed E-state index contributed by atoms with van der Waals surface area (Å²) in [6.07, 6.45) is 6.52. The van der Waals surface area contributed by atoms with Gasteiger partial charge in [-0.25, -0.2) is 23.4 Å². The Morgan fingerprint density at radius 2 is 1.70 bits per heavy atom. The lowest BCUT2D eigenvalue weighted by Crippen LogP contribution is -2.34. The van der Waals surface area contributed by atoms with Crippen molar-refractivity contribution < 1.29 is 8.42 Å². The Morgan fingerprint density at radius 1 is 1.04 bits per heavy atom. The SMILES string of the molecule is Cn1cnc(S(=O)(=O)N2C[C@H]3CN(c4ncccn4)C[C@H]3C2)c1. The van der Waals surface area contributed by atoms with Gasteiger partial charge in [0.15, 0.2) is 5.03 Å². The average molecular weight is 334 g/mol. The van der Waals surface area contributed by atoms with Crippen LogP contribution < -0.4 is 4.90 Å². The van der Waals surface area contributed by atoms with Gasteiger partial charge in [0.25, 0.3) is 10.0 Å². The van der Waals surface area contributed by atoms with Gasteiger partial charge in [-0.1, -0.05) is 0 Å². The van der Waals surface area contributed by atoms with Gasteiger partial charge in [-0.3, -0.25) is 0 Å². The maximum Gasteiger partial charge on any atom is 0.262 e. The zero-order valence-corrected chi connectivity index (χ0v) is 13.6. The zero-order chi connectivity index (χ0) is 16.0. The molecule has 2 aliphatic heterocycles. The molecule has 0 bridgehead atoms. The predicted octanol–water partition coefficient (Wildman–Crippen LogP) is -0.0330. The first-order chi connectivity index (χ1) is 11.0. The van der Waals surface area contributed by atoms with Gasteiger partial charge in [-0.15, -0.1) is 0 Å². The van der Waals surface area contributed by atoms with Crippen molar-refractivity contribution in [2.24, 2.45) is 18.9 Å². The number of sulfonamides is 1. The fourth-order valence-corrected chi connectivity index (χ4v) is 4.94. The lowest BCUT2D eigenvalue weighted by atomic mass is 10.0. The summed E-state index contributed by atoms with van der Waals surface area (Å²) in [5, 5.41) is 0.128. The molecule has 0 saturated carbocycles. The van der Waals surface area contributed by atoms with Gasteiger partial charge in [-0.2, -0.15) is 4.31 Å². The summed E-state index contributed by atoms with van der Waals surface area (Å²) < 4.78 is 28.5. The molecule has 2 aliphatic rings. The number of nitrogens with zero attached hydrogens (tertiary/aromatic N) is 6. The molecule has 4 rings (SSSR count). The fraction of sp³-hybridized carbons (Fsp3) is 0.500. The van der Waals surface area contributed by atoms with Crippen LogP contribution in [0.3, 0.4) is 0 Å². The summed E-state index contributed by atoms with van der Waals surface area (Å²) in [5.41, 5.74) is 0. The van der Waals surface area contributed by atoms with Gasteiger partial charge in [0.1, 0.15) is 0 Å². The number of hydrogen-bond acceptors (Lipinski definition) is 6. The van der Waals surface area contributed by atoms with Gasteiger partial charge in [0, 0.05) is 51.8 Å². The van der Waals surface area contributed by atoms with Gasteiger partial charge in [-0.05, 0) is 17.9 Å². The largest absolute Gasteiger partial charge is 0.340 e. The molecule has 0 radical (unpaired) electrons. The van der Waals surface area contributed by atoms with Crippen LogP contribution >= 0.6 is 0 Å². The van der Waals surface area contributed by atoms with Crippen molar-refractivity contribution in [3.8, 4) is 0 Å². The Balaban J connectivity index is 1.48. The standard InChI is InChI=1S/C14H18N6O2S/c1-18-9-13(17-10-18)23(21,22)20-7-11-5-19(6-12(11)8-20)14-15-3-2-4-16-14/h2-4,9-12H,5-8H2,1H3/t11-,12+. The first-order valence-corrected chi connectivity index (χ1v) is 8.98. The van der Waals surface area contributed by atoms with Crippen LogP contribution in [0.4, 0.5) is 5.95 Å². The average Bonchev–Trinajstić information content (AvgIpc) is 3.22. The van der Waals surface area contributed by atoms with Crippen LogP contribution in [0.15, 0.2) is 36.0 Å². The Labute approximate surface area is 134 Å². The number of aromatic nitrogens is 4. The van der Waals surface area contributed by atoms with E-state index < -0.39 is 10.0 Å². The summed E-state index contributed by atoms with van der Waals surface area (Å²) >= 11 is 0. The van der Waals surface area contributed by atoms with Crippen LogP contribution in [0, 0.1) is 11.8 Å². The molecular formula is C14H18N6O2S. The Morgan fingerprint density at radius 3 is 2.26 bits per heavy atom. The highest BCUT2D eigenvalue weighted by atomic mass is 32.2. The second-order valence-electron chi connectivity index (χ2n) is 6.17. The third kappa shape index (κ3) is 2.49. The first kappa shape index (κ1) is 14.6. The van der Waals surface area contributed by atoms with Gasteiger partial charge in [0.05, 0.1) is 6.33 Å². The highest BCUT2D eigenvalue weighted by Crippen LogP contribution is 2.34. The lowest BCUT2D eigenvalue weighted by molar-refractivity contribution is 0.450. The topological polar surface area (TPSA) is 84.2 Å². The second kappa shape index (κ2) is 5.27. The van der Waals surface area contributed by atoms with E-state index in [9.17, 15) is 8.42 Å². The van der Waals surface area contributed by atoms with E-state index in [4.69, 9.17) is 0 Å². The smallest absolute Gasteiger partial charge is 0.262 e. The summed E-state index contributed by atoms with van der Waals surface area (Å²) in [5.74, 6) is 1.36. The quantitative estimate of drug-likeness (QED) is 0.783. The van der Waals surface area contributed by atoms with Crippen molar-refractivity contribution in [3.05, 3.63) is 31.0 Å². The molecule has 0 amide bonds. The number of hydrogen-bond donors (Lipinski definition) is 0. The molecule has 4 heterocycles. The molecule has 8 nitrogen and oxygen atoms in total. The Bertz CT molecular complexity index is 792. The van der Waals surface area contributed by atoms with E-state index in [-0.39, 0.29) is 5.03 Å². The molecule has 2 saturated heterocycles. The first-order valence-electron chi connectivity index (χ1n) is 7.54. The van der Waals surface area contributed by atoms with Crippen LogP contribution in [0.5, 0.6) is 0 Å². The van der Waals surface area contributed by atoms with E-state index in [1.54, 1.807) is 40.6 Å². The molecule has 23 heavy (non-hydrogen) atoms. The van der Waals surface area contributed by atoms with E-state index in [0.717, 1.165) is 19.0 Å². The lowest BCUT2D eigenvalue weighted by Gasteiger charge is -2.20. The van der Waals surface area contributed by atoms with Crippen molar-refractivity contribution in [2.45, 2.75) is 5.03 Å². The van der Waals surface area contributed by atoms with E-state index in [2.05, 4.69) is 19.9 Å². The van der Waals surface area contributed by atoms with Gasteiger partial charge >= 0.3 is 0 Å². The molecule has 2 fully saturated rings. The van der Waals surface area contributed by atoms with Crippen LogP contribution in [0.25, 0.3) is 0 Å². The minimum atomic E-state index is -3.49. The van der Waals surface area contributed by atoms with Crippen LogP contribution in [0.1, 0.15) is 0 Å². The summed E-state index contributed by atoms with van der Waals surface area (Å²) in [6, 6.07) is 1.79. The van der Waals surface area contributed by atoms with Crippen molar-refractivity contribution >= 4 is 16.0 Å². The zero-order valence-electron chi connectivity index (χ0n) is 12.8. The van der Waals surface area contributed by atoms with E-state index in [0.29, 0.717) is 24.9 Å². The minimum absolute atomic E-state index is 0.128. The third-order valence-electron chi connectivity index (χ3n) is 4.57. The van der Waals surface area contributed by atoms with E-state index in [1.807, 2.05) is 0 Å². The molecule has 2 atom stereocenters. The summed E-state index contributed by atoms with van der Waals surface area (Å²) in [6.45, 7) is 2.66. The number of anilines is 1. The maximum absolute atomic E-state index is 12.6. The number of fused-ring (bicyclic) bond motifs is 1. The van der Waals surface area contributed by atoms with E-state index >= 15 is 0 Å². The molecule has 0 aromatic carbocycles. The van der Waals surface area contributed by atoms with E-state index in [1.165, 1.54) is 6.33 Å². The molecule has 0 spiro atoms. The van der Waals surface area contributed by atoms with Gasteiger partial charge < -0.3 is 9.47 Å². The normalized spacial score (nSPS) is 25.0. The van der Waals surface area contributed by atoms with Crippen molar-refractivity contribution in [2.75, 3.05) is 31.1 Å². The number of imidazole rings is 1. The highest BCUT2D eigenvalue weighted by Gasteiger charge is 2.45. The Kier molecular flexibility index (Phi) is 3.34. The molecule has 122 valence electrons. The predicted molar refractivity (Wildman–Crippen MR) is 83.2 cm³/mol. The number of aryl methyl sites for hydroxylation is 1. The minimum Gasteiger partial charge on any atom is -0.340 e. The third-order valence-corrected chi connectivity index (χ3v) is 6.29. The molecule has 9 heteroatoms. The molecule has 0 unspecified atom stereocenters. The molecule has 2 aromatic rings. The molecular weight excluding hydrogens is 316 g/mol. The van der Waals surface area contributed by atoms with Crippen molar-refractivity contribution in [1.82, 2.24) is 23.8 Å². The fourth-order valence-electron chi connectivity index (χ4n) is 3.42. The molecule has 0 aliphatic carbocycles. The highest BCUT2D eigenvalue weighted by molar-refractivity contribution is 7.89. The molecule has 0 N–H and O–H groups in total. The molecule has 2 aromatic heterocycles. The van der Waals surface area contributed by atoms with Crippen molar-refractivity contribution in [1.29, 1.82) is 0 Å². The summed E-state index contributed by atoms with van der Waals surface area (Å²) in [4.78, 5) is 14.7. The number of rotatable bonds is 3. The monoisotopic (exact) mass is 334 g/mol. The van der Waals surface area contributed by atoms with Crippen molar-refractivity contribution in [3.63, 3.8) is 0 Å². The maximum atomic E-state index is 12.6. The van der Waals surface area contributed by atoms with Crippen LogP contribution in [-0.2, 0) is 17.1 Å². The van der Waals surface area contributed by atoms with Crippen LogP contribution in [-0.4, -0.2) is 58.4 Å². The van der Waals surface area contributed by atoms with Gasteiger partial charge in [0.2, 0.25) is 5.95 Å². The van der Waals surface area contributed by atoms with Crippen LogP contribution in [0.2, 0.25) is 0 Å². The second-order valence-corrected chi connectivity index (χ2v) is 8.06. The Hall–Kier alpha value is -2.00.